The summed E-state index contributed by atoms with van der Waals surface area (Å²) in [5, 5.41) is 8.97. The molecule has 90 valence electrons. The van der Waals surface area contributed by atoms with E-state index in [2.05, 4.69) is 20.7 Å². The maximum atomic E-state index is 11.9. The average molecular weight is 308 g/mol. The van der Waals surface area contributed by atoms with Gasteiger partial charge in [-0.05, 0) is 34.5 Å². The van der Waals surface area contributed by atoms with Gasteiger partial charge < -0.3 is 5.11 Å². The van der Waals surface area contributed by atoms with Crippen molar-refractivity contribution in [2.75, 3.05) is 6.61 Å². The van der Waals surface area contributed by atoms with Crippen molar-refractivity contribution in [3.8, 4) is 0 Å². The van der Waals surface area contributed by atoms with Gasteiger partial charge in [0.2, 0.25) is 10.0 Å². The van der Waals surface area contributed by atoms with E-state index in [0.29, 0.717) is 10.9 Å². The average Bonchev–Trinajstić information content (AvgIpc) is 2.26. The van der Waals surface area contributed by atoms with Crippen LogP contribution in [0.25, 0.3) is 0 Å². The van der Waals surface area contributed by atoms with Gasteiger partial charge in [-0.2, -0.15) is 0 Å². The zero-order chi connectivity index (χ0) is 12.2. The van der Waals surface area contributed by atoms with Crippen LogP contribution in [0.15, 0.2) is 33.6 Å². The summed E-state index contributed by atoms with van der Waals surface area (Å²) >= 11 is 3.18. The van der Waals surface area contributed by atoms with Crippen molar-refractivity contribution >= 4 is 26.0 Å². The predicted molar refractivity (Wildman–Crippen MR) is 65.6 cm³/mol. The van der Waals surface area contributed by atoms with Crippen molar-refractivity contribution in [1.29, 1.82) is 0 Å². The molecule has 0 spiro atoms. The van der Waals surface area contributed by atoms with Gasteiger partial charge in [0.1, 0.15) is 0 Å². The number of benzene rings is 1. The summed E-state index contributed by atoms with van der Waals surface area (Å²) in [4.78, 5) is 0.182. The van der Waals surface area contributed by atoms with Gasteiger partial charge in [-0.25, -0.2) is 13.1 Å². The second kappa shape index (κ2) is 5.77. The number of hydrogen-bond acceptors (Lipinski definition) is 3. The van der Waals surface area contributed by atoms with Crippen molar-refractivity contribution in [1.82, 2.24) is 4.72 Å². The molecule has 1 rings (SSSR count). The minimum atomic E-state index is -3.57. The third-order valence-corrected chi connectivity index (χ3v) is 4.69. The van der Waals surface area contributed by atoms with Crippen molar-refractivity contribution in [3.05, 3.63) is 28.7 Å². The van der Waals surface area contributed by atoms with E-state index in [-0.39, 0.29) is 11.5 Å². The normalized spacial score (nSPS) is 13.7. The fourth-order valence-electron chi connectivity index (χ4n) is 1.20. The van der Waals surface area contributed by atoms with Crippen LogP contribution in [-0.4, -0.2) is 26.2 Å². The SMILES string of the molecule is CC[C@@H](CO)NS(=O)(=O)c1ccccc1Br. The van der Waals surface area contributed by atoms with Gasteiger partial charge in [0, 0.05) is 10.5 Å². The summed E-state index contributed by atoms with van der Waals surface area (Å²) < 4.78 is 26.8. The summed E-state index contributed by atoms with van der Waals surface area (Å²) in [7, 11) is -3.57. The largest absolute Gasteiger partial charge is 0.395 e. The minimum absolute atomic E-state index is 0.182. The molecule has 1 atom stereocenters. The van der Waals surface area contributed by atoms with E-state index in [9.17, 15) is 8.42 Å². The van der Waals surface area contributed by atoms with E-state index in [1.807, 2.05) is 6.92 Å². The van der Waals surface area contributed by atoms with E-state index in [0.717, 1.165) is 0 Å². The fraction of sp³-hybridized carbons (Fsp3) is 0.400. The molecule has 0 saturated carbocycles. The number of nitrogens with one attached hydrogen (secondary N) is 1. The number of hydrogen-bond donors (Lipinski definition) is 2. The molecule has 0 unspecified atom stereocenters. The Bertz CT molecular complexity index is 443. The Labute approximate surface area is 104 Å². The lowest BCUT2D eigenvalue weighted by Gasteiger charge is -2.14. The summed E-state index contributed by atoms with van der Waals surface area (Å²) in [5.41, 5.74) is 0. The molecule has 6 heteroatoms. The summed E-state index contributed by atoms with van der Waals surface area (Å²) in [6, 6.07) is 6.12. The molecule has 0 aromatic heterocycles. The summed E-state index contributed by atoms with van der Waals surface area (Å²) in [5.74, 6) is 0. The van der Waals surface area contributed by atoms with Crippen LogP contribution in [0.4, 0.5) is 0 Å². The van der Waals surface area contributed by atoms with Gasteiger partial charge in [-0.15, -0.1) is 0 Å². The maximum Gasteiger partial charge on any atom is 0.242 e. The molecule has 0 bridgehead atoms. The molecule has 0 radical (unpaired) electrons. The molecule has 1 aromatic rings. The molecule has 16 heavy (non-hydrogen) atoms. The third kappa shape index (κ3) is 3.28. The van der Waals surface area contributed by atoms with E-state index in [1.54, 1.807) is 18.2 Å². The van der Waals surface area contributed by atoms with Gasteiger partial charge in [-0.1, -0.05) is 19.1 Å². The smallest absolute Gasteiger partial charge is 0.242 e. The van der Waals surface area contributed by atoms with Crippen molar-refractivity contribution in [2.24, 2.45) is 0 Å². The van der Waals surface area contributed by atoms with Gasteiger partial charge in [0.05, 0.1) is 11.5 Å². The minimum Gasteiger partial charge on any atom is -0.395 e. The van der Waals surface area contributed by atoms with Crippen LogP contribution < -0.4 is 4.72 Å². The number of rotatable bonds is 5. The molecular formula is C10H14BrNO3S. The Morgan fingerprint density at radius 2 is 2.06 bits per heavy atom. The lowest BCUT2D eigenvalue weighted by Crippen LogP contribution is -2.37. The van der Waals surface area contributed by atoms with Gasteiger partial charge >= 0.3 is 0 Å². The first-order valence-electron chi connectivity index (χ1n) is 4.89. The van der Waals surface area contributed by atoms with Crippen LogP contribution in [0, 0.1) is 0 Å². The lowest BCUT2D eigenvalue weighted by molar-refractivity contribution is 0.254. The van der Waals surface area contributed by atoms with Crippen molar-refractivity contribution in [2.45, 2.75) is 24.3 Å². The molecule has 0 fully saturated rings. The van der Waals surface area contributed by atoms with Crippen molar-refractivity contribution in [3.63, 3.8) is 0 Å². The third-order valence-electron chi connectivity index (χ3n) is 2.16. The monoisotopic (exact) mass is 307 g/mol. The molecule has 0 heterocycles. The molecule has 0 saturated heterocycles. The lowest BCUT2D eigenvalue weighted by atomic mass is 10.3. The number of aliphatic hydroxyl groups excluding tert-OH is 1. The fourth-order valence-corrected chi connectivity index (χ4v) is 3.51. The van der Waals surface area contributed by atoms with E-state index in [4.69, 9.17) is 5.11 Å². The van der Waals surface area contributed by atoms with Crippen molar-refractivity contribution < 1.29 is 13.5 Å². The van der Waals surface area contributed by atoms with Crippen LogP contribution in [-0.2, 0) is 10.0 Å². The quantitative estimate of drug-likeness (QED) is 0.866. The molecular weight excluding hydrogens is 294 g/mol. The first-order chi connectivity index (χ1) is 7.51. The number of halogens is 1. The van der Waals surface area contributed by atoms with Crippen LogP contribution in [0.3, 0.4) is 0 Å². The van der Waals surface area contributed by atoms with Crippen LogP contribution in [0.5, 0.6) is 0 Å². The van der Waals surface area contributed by atoms with Crippen LogP contribution in [0.1, 0.15) is 13.3 Å². The Hall–Kier alpha value is -0.430. The molecule has 0 aliphatic carbocycles. The van der Waals surface area contributed by atoms with Gasteiger partial charge in [0.15, 0.2) is 0 Å². The topological polar surface area (TPSA) is 66.4 Å². The molecule has 4 nitrogen and oxygen atoms in total. The Morgan fingerprint density at radius 3 is 2.56 bits per heavy atom. The highest BCUT2D eigenvalue weighted by Crippen LogP contribution is 2.21. The predicted octanol–water partition coefficient (Wildman–Crippen LogP) is 1.50. The Kier molecular flexibility index (Phi) is 4.91. The molecule has 0 amide bonds. The Balaban J connectivity index is 2.99. The zero-order valence-electron chi connectivity index (χ0n) is 8.85. The van der Waals surface area contributed by atoms with Crippen LogP contribution in [0.2, 0.25) is 0 Å². The second-order valence-electron chi connectivity index (χ2n) is 3.34. The van der Waals surface area contributed by atoms with Gasteiger partial charge in [0.25, 0.3) is 0 Å². The zero-order valence-corrected chi connectivity index (χ0v) is 11.3. The van der Waals surface area contributed by atoms with E-state index < -0.39 is 16.1 Å². The number of sulfonamides is 1. The highest BCUT2D eigenvalue weighted by molar-refractivity contribution is 9.10. The molecule has 2 N–H and O–H groups in total. The van der Waals surface area contributed by atoms with E-state index >= 15 is 0 Å². The Morgan fingerprint density at radius 1 is 1.44 bits per heavy atom. The first-order valence-corrected chi connectivity index (χ1v) is 7.16. The molecule has 1 aromatic carbocycles. The molecule has 0 aliphatic heterocycles. The van der Waals surface area contributed by atoms with Crippen LogP contribution >= 0.6 is 15.9 Å². The maximum absolute atomic E-state index is 11.9. The molecule has 0 aliphatic rings. The standard InChI is InChI=1S/C10H14BrNO3S/c1-2-8(7-13)12-16(14,15)10-6-4-3-5-9(10)11/h3-6,8,12-13H,2,7H2,1H3/t8-/m0/s1. The second-order valence-corrected chi connectivity index (χ2v) is 5.88. The summed E-state index contributed by atoms with van der Waals surface area (Å²) in [6.45, 7) is 1.60. The first kappa shape index (κ1) is 13.6. The van der Waals surface area contributed by atoms with Gasteiger partial charge in [-0.3, -0.25) is 0 Å². The summed E-state index contributed by atoms with van der Waals surface area (Å²) in [6.07, 6.45) is 0.542. The number of aliphatic hydroxyl groups is 1. The van der Waals surface area contributed by atoms with E-state index in [1.165, 1.54) is 6.07 Å². The highest BCUT2D eigenvalue weighted by Gasteiger charge is 2.20. The highest BCUT2D eigenvalue weighted by atomic mass is 79.9.